The third-order valence-corrected chi connectivity index (χ3v) is 16.7. The van der Waals surface area contributed by atoms with E-state index in [1.54, 1.807) is 85.4 Å². The Labute approximate surface area is 594 Å². The third kappa shape index (κ3) is 21.4. The Balaban J connectivity index is 0.000000176. The van der Waals surface area contributed by atoms with Gasteiger partial charge in [0, 0.05) is 78.8 Å². The first-order chi connectivity index (χ1) is 48.4. The number of benzene rings is 6. The Kier molecular flexibility index (Phi) is 28.4. The first-order valence-corrected chi connectivity index (χ1v) is 32.9. The summed E-state index contributed by atoms with van der Waals surface area (Å²) in [6, 6.07) is 48.7. The first-order valence-electron chi connectivity index (χ1n) is 31.8. The average Bonchev–Trinajstić information content (AvgIpc) is 1.66. The smallest absolute Gasteiger partial charge is 0.410 e. The highest BCUT2D eigenvalue weighted by Gasteiger charge is 2.30. The van der Waals surface area contributed by atoms with Gasteiger partial charge >= 0.3 is 18.2 Å². The Morgan fingerprint density at radius 3 is 1.41 bits per heavy atom. The Hall–Kier alpha value is -10.7. The molecule has 0 spiro atoms. The van der Waals surface area contributed by atoms with Gasteiger partial charge in [0.2, 0.25) is 0 Å². The lowest BCUT2D eigenvalue weighted by molar-refractivity contribution is -0.147. The van der Waals surface area contributed by atoms with Crippen LogP contribution >= 0.6 is 22.6 Å². The van der Waals surface area contributed by atoms with E-state index >= 15 is 0 Å². The second-order valence-electron chi connectivity index (χ2n) is 22.8. The molecular weight excluding hydrogens is 1400 g/mol. The summed E-state index contributed by atoms with van der Waals surface area (Å²) in [6.07, 6.45) is 2.49. The van der Waals surface area contributed by atoms with Crippen LogP contribution in [-0.4, -0.2) is 155 Å². The number of hydrogen-bond donors (Lipinski definition) is 1. The SMILES string of the molecule is C=C(OCC)c1c(-c2ccc(OCOC)cc2)nnn1C.CN(Cc1c(-c2ccc(O)cc2)nnn1C)C(=O)OCc1ccccc1.COC(=O)[C@H]1CCC[C@H](Oc2ccc(-c3nnn(C)c3CN(C)C(=O)OCc3ccccc3)cc2)C1.COCOc1ccc(-c2nnn(C)c2I)cc1. The lowest BCUT2D eigenvalue weighted by Gasteiger charge is -2.28. The summed E-state index contributed by atoms with van der Waals surface area (Å²) in [5, 5.41) is 42.5. The predicted octanol–water partition coefficient (Wildman–Crippen LogP) is 11.9. The summed E-state index contributed by atoms with van der Waals surface area (Å²) in [7, 11) is 15.2. The molecule has 1 aliphatic carbocycles. The Morgan fingerprint density at radius 1 is 0.540 bits per heavy atom. The van der Waals surface area contributed by atoms with Gasteiger partial charge in [-0.2, -0.15) is 0 Å². The number of phenols is 1. The van der Waals surface area contributed by atoms with E-state index in [1.807, 2.05) is 154 Å². The zero-order valence-corrected chi connectivity index (χ0v) is 59.8. The maximum Gasteiger partial charge on any atom is 0.410 e. The number of carbonyl (C=O) groups is 3. The molecule has 0 bridgehead atoms. The maximum atomic E-state index is 12.5. The van der Waals surface area contributed by atoms with Crippen molar-refractivity contribution in [2.24, 2.45) is 34.1 Å². The van der Waals surface area contributed by atoms with Crippen molar-refractivity contribution in [3.05, 3.63) is 196 Å². The van der Waals surface area contributed by atoms with Crippen molar-refractivity contribution in [1.82, 2.24) is 69.8 Å². The molecule has 2 atom stereocenters. The molecule has 0 radical (unpaired) electrons. The van der Waals surface area contributed by atoms with Gasteiger partial charge in [0.25, 0.3) is 0 Å². The minimum atomic E-state index is -0.424. The number of rotatable bonds is 24. The number of amides is 2. The summed E-state index contributed by atoms with van der Waals surface area (Å²) >= 11 is 2.22. The van der Waals surface area contributed by atoms with Crippen LogP contribution in [0.1, 0.15) is 60.8 Å². The van der Waals surface area contributed by atoms with Gasteiger partial charge in [0.15, 0.2) is 13.6 Å². The third-order valence-electron chi connectivity index (χ3n) is 15.5. The van der Waals surface area contributed by atoms with Crippen LogP contribution in [0.15, 0.2) is 164 Å². The molecule has 100 heavy (non-hydrogen) atoms. The monoisotopic (exact) mass is 1480 g/mol. The van der Waals surface area contributed by atoms with E-state index in [1.165, 1.54) is 16.9 Å². The standard InChI is InChI=1S/C27H32N4O5.C19H20N4O3.C15H19N3O3.C11H12IN3O2/c1-30(27(33)35-18-19-8-5-4-6-9-19)17-24-25(28-29-31(24)2)20-12-14-22(15-13-20)36-23-11-7-10-21(16-23)26(32)34-3;1-22(19(25)26-13-14-6-4-3-5-7-14)12-17-18(20-21-23(17)2)15-8-10-16(24)11-9-15;1-5-20-11(2)15-14(16-17-18(15)3)12-6-8-13(9-7-12)21-10-19-4;1-15-11(12)10(13-14-15)8-3-5-9(6-4-8)17-7-16-2/h4-6,8-9,12-15,21,23H,7,10-11,16-18H2,1-3H3;3-11,24H,12-13H2,1-2H3;6-9H,2,5,10H2,1,3-4H3;3-6H,7H2,1-2H3/t21-,23-;;;/m0.../s1. The molecule has 0 aliphatic heterocycles. The van der Waals surface area contributed by atoms with Gasteiger partial charge in [-0.05, 0) is 163 Å². The van der Waals surface area contributed by atoms with Crippen LogP contribution in [0.4, 0.5) is 9.59 Å². The van der Waals surface area contributed by atoms with Crippen LogP contribution < -0.4 is 14.2 Å². The number of aromatic hydroxyl groups is 1. The van der Waals surface area contributed by atoms with Crippen LogP contribution in [0, 0.1) is 9.62 Å². The molecule has 10 aromatic rings. The number of aryl methyl sites for hydroxylation is 4. The van der Waals surface area contributed by atoms with E-state index in [0.29, 0.717) is 43.3 Å². The molecule has 4 aromatic heterocycles. The van der Waals surface area contributed by atoms with E-state index in [0.717, 1.165) is 102 Å². The van der Waals surface area contributed by atoms with Crippen molar-refractivity contribution in [2.75, 3.05) is 55.6 Å². The van der Waals surface area contributed by atoms with Crippen molar-refractivity contribution in [2.45, 2.75) is 65.0 Å². The zero-order chi connectivity index (χ0) is 71.5. The second-order valence-corrected chi connectivity index (χ2v) is 23.8. The fourth-order valence-corrected chi connectivity index (χ4v) is 10.7. The Bertz CT molecular complexity index is 4190. The molecule has 2 amide bonds. The number of carbonyl (C=O) groups excluding carboxylic acids is 3. The van der Waals surface area contributed by atoms with E-state index in [2.05, 4.69) is 70.4 Å². The second kappa shape index (κ2) is 37.9. The van der Waals surface area contributed by atoms with Gasteiger partial charge in [-0.15, -0.1) is 20.4 Å². The summed E-state index contributed by atoms with van der Waals surface area (Å²) < 4.78 is 55.4. The van der Waals surface area contributed by atoms with Gasteiger partial charge in [-0.25, -0.2) is 28.3 Å². The number of ether oxygens (including phenoxy) is 9. The summed E-state index contributed by atoms with van der Waals surface area (Å²) in [5.41, 5.74) is 10.8. The molecule has 6 aromatic carbocycles. The van der Waals surface area contributed by atoms with Gasteiger partial charge in [-0.1, -0.05) is 88.1 Å². The fraction of sp³-hybridized carbons (Fsp3) is 0.319. The lowest BCUT2D eigenvalue weighted by atomic mass is 9.87. The molecule has 4 heterocycles. The maximum absolute atomic E-state index is 12.5. The molecule has 0 unspecified atom stereocenters. The van der Waals surface area contributed by atoms with Crippen molar-refractivity contribution in [1.29, 1.82) is 0 Å². The van der Waals surface area contributed by atoms with Crippen molar-refractivity contribution >= 4 is 46.5 Å². The highest BCUT2D eigenvalue weighted by atomic mass is 127. The number of nitrogens with zero attached hydrogens (tertiary/aromatic N) is 14. The van der Waals surface area contributed by atoms with E-state index in [-0.39, 0.29) is 50.5 Å². The zero-order valence-electron chi connectivity index (χ0n) is 57.6. The molecule has 0 saturated heterocycles. The van der Waals surface area contributed by atoms with Crippen LogP contribution in [0.2, 0.25) is 0 Å². The number of hydrogen-bond acceptors (Lipinski definition) is 21. The first kappa shape index (κ1) is 75.1. The summed E-state index contributed by atoms with van der Waals surface area (Å²) in [4.78, 5) is 39.7. The van der Waals surface area contributed by atoms with Crippen molar-refractivity contribution in [3.8, 4) is 68.0 Å². The minimum Gasteiger partial charge on any atom is -0.508 e. The van der Waals surface area contributed by atoms with Crippen LogP contribution in [0.3, 0.4) is 0 Å². The topological polar surface area (TPSA) is 284 Å². The normalized spacial score (nSPS) is 12.9. The average molecular weight is 1480 g/mol. The highest BCUT2D eigenvalue weighted by molar-refractivity contribution is 14.1. The van der Waals surface area contributed by atoms with Gasteiger partial charge in [0.05, 0.1) is 50.2 Å². The Morgan fingerprint density at radius 2 is 0.960 bits per heavy atom. The summed E-state index contributed by atoms with van der Waals surface area (Å²) in [5.74, 6) is 2.71. The van der Waals surface area contributed by atoms with Crippen LogP contribution in [-0.2, 0) is 87.7 Å². The largest absolute Gasteiger partial charge is 0.508 e. The minimum absolute atomic E-state index is 0.0173. The molecule has 1 aliphatic rings. The molecule has 1 fully saturated rings. The molecule has 1 saturated carbocycles. The predicted molar refractivity (Wildman–Crippen MR) is 380 cm³/mol. The molecule has 11 rings (SSSR count). The van der Waals surface area contributed by atoms with Gasteiger partial charge < -0.3 is 57.5 Å². The van der Waals surface area contributed by atoms with Gasteiger partial charge in [-0.3, -0.25) is 4.79 Å². The number of methoxy groups -OCH3 is 3. The van der Waals surface area contributed by atoms with Crippen molar-refractivity contribution < 1.29 is 62.1 Å². The molecule has 28 heteroatoms. The molecule has 526 valence electrons. The highest BCUT2D eigenvalue weighted by Crippen LogP contribution is 2.32. The van der Waals surface area contributed by atoms with E-state index in [9.17, 15) is 19.5 Å². The number of aromatic nitrogens is 12. The lowest BCUT2D eigenvalue weighted by Crippen LogP contribution is -2.30. The van der Waals surface area contributed by atoms with E-state index in [4.69, 9.17) is 42.6 Å². The number of esters is 1. The van der Waals surface area contributed by atoms with E-state index < -0.39 is 12.2 Å². The number of halogens is 1. The quantitative estimate of drug-likeness (QED) is 0.0193. The summed E-state index contributed by atoms with van der Waals surface area (Å²) in [6.45, 7) is 7.89. The van der Waals surface area contributed by atoms with Crippen LogP contribution in [0.5, 0.6) is 23.0 Å². The van der Waals surface area contributed by atoms with Crippen LogP contribution in [0.25, 0.3) is 50.8 Å². The fourth-order valence-electron chi connectivity index (χ4n) is 10.2. The van der Waals surface area contributed by atoms with Gasteiger partial charge in [0.1, 0.15) is 74.1 Å². The number of phenolic OH excluding ortho intramolecular Hbond substituents is 1. The van der Waals surface area contributed by atoms with Crippen molar-refractivity contribution in [3.63, 3.8) is 0 Å². The molecular formula is C72H83IN14O13. The molecule has 1 N–H and O–H groups in total. The molecule has 27 nitrogen and oxygen atoms in total.